The molecule has 0 aliphatic carbocycles. The van der Waals surface area contributed by atoms with E-state index >= 15 is 0 Å². The number of carbonyl (C=O) groups is 1. The van der Waals surface area contributed by atoms with Crippen molar-refractivity contribution in [1.29, 1.82) is 5.26 Å². The van der Waals surface area contributed by atoms with Crippen LogP contribution in [0.5, 0.6) is 11.5 Å². The average molecular weight is 510 g/mol. The van der Waals surface area contributed by atoms with Gasteiger partial charge >= 0.3 is 0 Å². The fourth-order valence-electron chi connectivity index (χ4n) is 3.79. The molecule has 4 rings (SSSR count). The molecule has 1 N–H and O–H groups in total. The van der Waals surface area contributed by atoms with Gasteiger partial charge in [0.2, 0.25) is 5.91 Å². The molecule has 1 aromatic heterocycles. The van der Waals surface area contributed by atoms with Gasteiger partial charge in [-0.05, 0) is 73.5 Å². The number of thioether (sulfide) groups is 1. The molecule has 1 amide bonds. The normalized spacial score (nSPS) is 11.3. The molecule has 4 aromatic rings. The lowest BCUT2D eigenvalue weighted by atomic mass is 9.99. The first-order valence-corrected chi connectivity index (χ1v) is 12.6. The highest BCUT2D eigenvalue weighted by atomic mass is 32.2. The largest absolute Gasteiger partial charge is 0.497 e. The predicted molar refractivity (Wildman–Crippen MR) is 148 cm³/mol. The number of nitrogens with zero attached hydrogens (tertiary/aromatic N) is 2. The van der Waals surface area contributed by atoms with Gasteiger partial charge in [-0.3, -0.25) is 4.79 Å². The number of nitrogens with one attached hydrogen (secondary N) is 1. The van der Waals surface area contributed by atoms with Crippen molar-refractivity contribution in [1.82, 2.24) is 4.98 Å². The van der Waals surface area contributed by atoms with Gasteiger partial charge < -0.3 is 14.8 Å². The van der Waals surface area contributed by atoms with Gasteiger partial charge in [0.25, 0.3) is 0 Å². The van der Waals surface area contributed by atoms with Crippen LogP contribution in [0.2, 0.25) is 0 Å². The molecule has 3 aromatic carbocycles. The number of nitriles is 1. The summed E-state index contributed by atoms with van der Waals surface area (Å²) < 4.78 is 10.6. The highest BCUT2D eigenvalue weighted by Crippen LogP contribution is 2.36. The second-order valence-electron chi connectivity index (χ2n) is 8.37. The second kappa shape index (κ2) is 11.6. The number of ether oxygens (including phenoxy) is 2. The van der Waals surface area contributed by atoms with E-state index in [9.17, 15) is 10.1 Å². The van der Waals surface area contributed by atoms with Gasteiger partial charge in [0.1, 0.15) is 22.6 Å². The zero-order valence-electron chi connectivity index (χ0n) is 21.1. The molecule has 0 saturated heterocycles. The molecular formula is C30H27N3O3S. The molecule has 37 heavy (non-hydrogen) atoms. The maximum absolute atomic E-state index is 13.0. The fraction of sp³-hybridized carbons (Fsp3) is 0.167. The lowest BCUT2D eigenvalue weighted by Crippen LogP contribution is -2.23. The van der Waals surface area contributed by atoms with Crippen molar-refractivity contribution in [2.24, 2.45) is 0 Å². The summed E-state index contributed by atoms with van der Waals surface area (Å²) in [5.41, 5.74) is 5.32. The van der Waals surface area contributed by atoms with E-state index in [-0.39, 0.29) is 5.91 Å². The van der Waals surface area contributed by atoms with Crippen LogP contribution in [0.1, 0.15) is 18.1 Å². The molecule has 0 aliphatic rings. The minimum atomic E-state index is -0.492. The number of methoxy groups -OCH3 is 2. The molecule has 1 heterocycles. The van der Waals surface area contributed by atoms with Gasteiger partial charge in [0, 0.05) is 16.8 Å². The maximum Gasteiger partial charge on any atom is 0.237 e. The molecule has 0 bridgehead atoms. The minimum Gasteiger partial charge on any atom is -0.497 e. The van der Waals surface area contributed by atoms with Gasteiger partial charge in [-0.25, -0.2) is 4.98 Å². The number of aromatic nitrogens is 1. The quantitative estimate of drug-likeness (QED) is 0.265. The lowest BCUT2D eigenvalue weighted by molar-refractivity contribution is -0.115. The van der Waals surface area contributed by atoms with Crippen LogP contribution >= 0.6 is 11.8 Å². The van der Waals surface area contributed by atoms with E-state index in [4.69, 9.17) is 14.5 Å². The van der Waals surface area contributed by atoms with Gasteiger partial charge in [-0.1, -0.05) is 42.1 Å². The number of hydrogen-bond donors (Lipinski definition) is 1. The lowest BCUT2D eigenvalue weighted by Gasteiger charge is -2.16. The average Bonchev–Trinajstić information content (AvgIpc) is 2.94. The van der Waals surface area contributed by atoms with Crippen molar-refractivity contribution in [3.63, 3.8) is 0 Å². The molecule has 0 spiro atoms. The molecule has 186 valence electrons. The predicted octanol–water partition coefficient (Wildman–Crippen LogP) is 6.73. The summed E-state index contributed by atoms with van der Waals surface area (Å²) in [6.45, 7) is 3.76. The summed E-state index contributed by atoms with van der Waals surface area (Å²) in [5, 5.41) is 13.2. The van der Waals surface area contributed by atoms with Gasteiger partial charge in [-0.2, -0.15) is 5.26 Å². The Hall–Kier alpha value is -4.28. The van der Waals surface area contributed by atoms with Crippen molar-refractivity contribution >= 4 is 23.4 Å². The van der Waals surface area contributed by atoms with E-state index in [1.54, 1.807) is 14.2 Å². The standard InChI is InChI=1S/C30H27N3O3S/c1-19-7-5-6-8-27(19)32-29(34)20(2)37-30-26(18-31)25(21-9-13-23(35-3)14-10-21)17-28(33-30)22-11-15-24(36-4)16-12-22/h5-17,20H,1-4H3,(H,32,34)/t20-/m0/s1. The molecule has 0 saturated carbocycles. The summed E-state index contributed by atoms with van der Waals surface area (Å²) >= 11 is 1.27. The minimum absolute atomic E-state index is 0.161. The first-order valence-electron chi connectivity index (χ1n) is 11.7. The van der Waals surface area contributed by atoms with Crippen LogP contribution in [-0.2, 0) is 4.79 Å². The summed E-state index contributed by atoms with van der Waals surface area (Å²) in [6, 6.07) is 27.0. The van der Waals surface area contributed by atoms with Crippen molar-refractivity contribution < 1.29 is 14.3 Å². The number of amides is 1. The van der Waals surface area contributed by atoms with E-state index in [0.717, 1.165) is 39.4 Å². The van der Waals surface area contributed by atoms with Crippen molar-refractivity contribution in [3.8, 4) is 40.0 Å². The molecule has 0 radical (unpaired) electrons. The molecule has 7 heteroatoms. The van der Waals surface area contributed by atoms with E-state index in [2.05, 4.69) is 11.4 Å². The smallest absolute Gasteiger partial charge is 0.237 e. The Labute approximate surface area is 221 Å². The third kappa shape index (κ3) is 5.93. The molecule has 0 aliphatic heterocycles. The highest BCUT2D eigenvalue weighted by Gasteiger charge is 2.22. The van der Waals surface area contributed by atoms with Crippen LogP contribution < -0.4 is 14.8 Å². The van der Waals surface area contributed by atoms with Gasteiger partial charge in [0.15, 0.2) is 0 Å². The molecule has 6 nitrogen and oxygen atoms in total. The first kappa shape index (κ1) is 25.8. The molecule has 0 fully saturated rings. The topological polar surface area (TPSA) is 84.2 Å². The number of para-hydroxylation sites is 1. The second-order valence-corrected chi connectivity index (χ2v) is 9.70. The third-order valence-electron chi connectivity index (χ3n) is 5.95. The first-order chi connectivity index (χ1) is 17.9. The Morgan fingerprint density at radius 1 is 0.946 bits per heavy atom. The zero-order valence-corrected chi connectivity index (χ0v) is 21.9. The number of hydrogen-bond acceptors (Lipinski definition) is 6. The molecule has 1 atom stereocenters. The van der Waals surface area contributed by atoms with Crippen molar-refractivity contribution in [2.45, 2.75) is 24.1 Å². The van der Waals surface area contributed by atoms with Gasteiger partial charge in [0.05, 0.1) is 30.7 Å². The van der Waals surface area contributed by atoms with Crippen molar-refractivity contribution in [2.75, 3.05) is 19.5 Å². The van der Waals surface area contributed by atoms with E-state index in [1.807, 2.05) is 92.7 Å². The van der Waals surface area contributed by atoms with Crippen LogP contribution in [0.4, 0.5) is 5.69 Å². The monoisotopic (exact) mass is 509 g/mol. The summed E-state index contributed by atoms with van der Waals surface area (Å²) in [6.07, 6.45) is 0. The number of pyridine rings is 1. The van der Waals surface area contributed by atoms with Crippen LogP contribution in [0.3, 0.4) is 0 Å². The fourth-order valence-corrected chi connectivity index (χ4v) is 4.72. The Balaban J connectivity index is 1.75. The molecular weight excluding hydrogens is 482 g/mol. The SMILES string of the molecule is COc1ccc(-c2cc(-c3ccc(OC)cc3)c(C#N)c(S[C@@H](C)C(=O)Nc3ccccc3C)n2)cc1. The van der Waals surface area contributed by atoms with Crippen LogP contribution in [-0.4, -0.2) is 30.4 Å². The van der Waals surface area contributed by atoms with Crippen LogP contribution in [0.15, 0.2) is 83.9 Å². The van der Waals surface area contributed by atoms with E-state index in [1.165, 1.54) is 11.8 Å². The highest BCUT2D eigenvalue weighted by molar-refractivity contribution is 8.00. The maximum atomic E-state index is 13.0. The Morgan fingerprint density at radius 2 is 1.54 bits per heavy atom. The Kier molecular flexibility index (Phi) is 8.11. The molecule has 0 unspecified atom stereocenters. The van der Waals surface area contributed by atoms with Gasteiger partial charge in [-0.15, -0.1) is 0 Å². The Morgan fingerprint density at radius 3 is 2.11 bits per heavy atom. The number of anilines is 1. The number of rotatable bonds is 8. The number of benzene rings is 3. The summed E-state index contributed by atoms with van der Waals surface area (Å²) in [7, 11) is 3.23. The summed E-state index contributed by atoms with van der Waals surface area (Å²) in [4.78, 5) is 17.9. The number of aryl methyl sites for hydroxylation is 1. The van der Waals surface area contributed by atoms with Crippen LogP contribution in [0.25, 0.3) is 22.4 Å². The van der Waals surface area contributed by atoms with E-state index in [0.29, 0.717) is 16.3 Å². The van der Waals surface area contributed by atoms with Crippen molar-refractivity contribution in [3.05, 3.63) is 90.0 Å². The zero-order chi connectivity index (χ0) is 26.4. The number of carbonyl (C=O) groups excluding carboxylic acids is 1. The summed E-state index contributed by atoms with van der Waals surface area (Å²) in [5.74, 6) is 1.30. The van der Waals surface area contributed by atoms with E-state index < -0.39 is 5.25 Å². The Bertz CT molecular complexity index is 1440. The third-order valence-corrected chi connectivity index (χ3v) is 7.03. The van der Waals surface area contributed by atoms with Crippen LogP contribution in [0, 0.1) is 18.3 Å².